The van der Waals surface area contributed by atoms with Gasteiger partial charge in [0.2, 0.25) is 0 Å². The van der Waals surface area contributed by atoms with Gasteiger partial charge in [-0.15, -0.1) is 0 Å². The molecule has 0 aliphatic carbocycles. The number of halogens is 6. The molecule has 0 bridgehead atoms. The van der Waals surface area contributed by atoms with Crippen molar-refractivity contribution in [2.75, 3.05) is 0 Å². The first-order valence-corrected chi connectivity index (χ1v) is 2.60. The lowest BCUT2D eigenvalue weighted by Gasteiger charge is -2.21. The molecule has 0 saturated heterocycles. The molecule has 0 aliphatic heterocycles. The molecule has 0 aliphatic rings. The van der Waals surface area contributed by atoms with E-state index < -0.39 is 18.0 Å². The smallest absolute Gasteiger partial charge is 0.269 e. The van der Waals surface area contributed by atoms with E-state index in [0.717, 1.165) is 0 Å². The Bertz CT molecular complexity index is 95.1. The van der Waals surface area contributed by atoms with Gasteiger partial charge in [-0.3, -0.25) is 4.70 Å². The van der Waals surface area contributed by atoms with Gasteiger partial charge in [0, 0.05) is 0 Å². The molecule has 70 valence electrons. The highest BCUT2D eigenvalue weighted by atomic mass is 19.4. The third kappa shape index (κ3) is 4.10. The number of hydrogen-bond donors (Lipinski definition) is 0. The molecule has 0 amide bonds. The molecule has 0 rings (SSSR count). The van der Waals surface area contributed by atoms with Gasteiger partial charge in [0.15, 0.2) is 0 Å². The fourth-order valence-corrected chi connectivity index (χ4v) is 0.287. The molecule has 11 heavy (non-hydrogen) atoms. The first kappa shape index (κ1) is 13.2. The van der Waals surface area contributed by atoms with Crippen molar-refractivity contribution in [1.29, 1.82) is 0 Å². The van der Waals surface area contributed by atoms with Crippen LogP contribution in [-0.2, 0) is 0 Å². The van der Waals surface area contributed by atoms with E-state index in [-0.39, 0.29) is 11.6 Å². The predicted molar refractivity (Wildman–Crippen MR) is 28.3 cm³/mol. The van der Waals surface area contributed by atoms with Gasteiger partial charge in [-0.05, 0) is 13.8 Å². The summed E-state index contributed by atoms with van der Waals surface area (Å²) in [6.45, 7) is 0.713. The Morgan fingerprint density at radius 1 is 1.00 bits per heavy atom. The van der Waals surface area contributed by atoms with Crippen molar-refractivity contribution in [3.8, 4) is 0 Å². The highest BCUT2D eigenvalue weighted by Gasteiger charge is 2.49. The van der Waals surface area contributed by atoms with E-state index in [9.17, 15) is 22.0 Å². The molecule has 0 radical (unpaired) electrons. The Balaban J connectivity index is 0. The lowest BCUT2D eigenvalue weighted by molar-refractivity contribution is -0.228. The first-order valence-electron chi connectivity index (χ1n) is 2.60. The third-order valence-corrected chi connectivity index (χ3v) is 1.25. The molecule has 6 heteroatoms. The summed E-state index contributed by atoms with van der Waals surface area (Å²) in [4.78, 5) is 0. The van der Waals surface area contributed by atoms with Gasteiger partial charge < -0.3 is 0 Å². The second-order valence-electron chi connectivity index (χ2n) is 2.22. The normalized spacial score (nSPS) is 15.5. The number of alkyl halides is 5. The fourth-order valence-electron chi connectivity index (χ4n) is 0.287. The van der Waals surface area contributed by atoms with Crippen molar-refractivity contribution in [2.45, 2.75) is 25.9 Å². The van der Waals surface area contributed by atoms with Crippen molar-refractivity contribution >= 4 is 0 Å². The summed E-state index contributed by atoms with van der Waals surface area (Å²) in [7, 11) is 0. The summed E-state index contributed by atoms with van der Waals surface area (Å²) >= 11 is 0. The van der Waals surface area contributed by atoms with Crippen LogP contribution in [0.2, 0.25) is 0 Å². The van der Waals surface area contributed by atoms with Crippen molar-refractivity contribution in [3.05, 3.63) is 0 Å². The van der Waals surface area contributed by atoms with Gasteiger partial charge in [-0.2, -0.15) is 13.2 Å². The van der Waals surface area contributed by atoms with E-state index in [1.54, 1.807) is 0 Å². The zero-order valence-electron chi connectivity index (χ0n) is 5.88. The lowest BCUT2D eigenvalue weighted by Crippen LogP contribution is -2.34. The second-order valence-corrected chi connectivity index (χ2v) is 2.22. The van der Waals surface area contributed by atoms with Crippen LogP contribution in [-0.4, -0.2) is 12.1 Å². The average molecular weight is 182 g/mol. The Labute approximate surface area is 59.8 Å². The zero-order chi connectivity index (χ0) is 8.58. The average Bonchev–Trinajstić information content (AvgIpc) is 1.59. The molecule has 0 aromatic carbocycles. The molecule has 1 unspecified atom stereocenters. The molecule has 0 saturated carbocycles. The minimum absolute atomic E-state index is 0. The van der Waals surface area contributed by atoms with Gasteiger partial charge in [-0.1, -0.05) is 0 Å². The maximum atomic E-state index is 11.9. The predicted octanol–water partition coefficient (Wildman–Crippen LogP) is 2.99. The topological polar surface area (TPSA) is 0 Å². The van der Waals surface area contributed by atoms with Crippen molar-refractivity contribution in [1.82, 2.24) is 0 Å². The minimum Gasteiger partial charge on any atom is -0.269 e. The van der Waals surface area contributed by atoms with E-state index in [1.165, 1.54) is 0 Å². The van der Waals surface area contributed by atoms with Gasteiger partial charge >= 0.3 is 6.18 Å². The van der Waals surface area contributed by atoms with E-state index in [0.29, 0.717) is 6.92 Å². The van der Waals surface area contributed by atoms with Crippen LogP contribution in [0.3, 0.4) is 0 Å². The molecule has 0 N–H and O–H groups in total. The summed E-state index contributed by atoms with van der Waals surface area (Å²) in [5.74, 6) is -6.25. The van der Waals surface area contributed by atoms with E-state index >= 15 is 0 Å². The van der Waals surface area contributed by atoms with Gasteiger partial charge in [0.25, 0.3) is 5.92 Å². The van der Waals surface area contributed by atoms with Gasteiger partial charge in [0.1, 0.15) is 5.92 Å². The summed E-state index contributed by atoms with van der Waals surface area (Å²) in [5.41, 5.74) is 0. The molecule has 0 fully saturated rings. The minimum atomic E-state index is -4.81. The fraction of sp³-hybridized carbons (Fsp3) is 1.00. The van der Waals surface area contributed by atoms with Gasteiger partial charge in [0.05, 0.1) is 0 Å². The Kier molecular flexibility index (Phi) is 3.98. The van der Waals surface area contributed by atoms with E-state index in [4.69, 9.17) is 0 Å². The third-order valence-electron chi connectivity index (χ3n) is 1.25. The highest BCUT2D eigenvalue weighted by Crippen LogP contribution is 2.36. The molecular weight excluding hydrogens is 174 g/mol. The van der Waals surface area contributed by atoms with Crippen LogP contribution in [0.1, 0.15) is 13.8 Å². The molecule has 0 nitrogen and oxygen atoms in total. The van der Waals surface area contributed by atoms with E-state index in [2.05, 4.69) is 0 Å². The van der Waals surface area contributed by atoms with Crippen molar-refractivity contribution in [3.63, 3.8) is 0 Å². The molecule has 0 spiro atoms. The summed E-state index contributed by atoms with van der Waals surface area (Å²) < 4.78 is 58.2. The maximum absolute atomic E-state index is 11.9. The lowest BCUT2D eigenvalue weighted by atomic mass is 10.1. The van der Waals surface area contributed by atoms with Crippen molar-refractivity contribution < 1.29 is 26.7 Å². The van der Waals surface area contributed by atoms with Crippen LogP contribution < -0.4 is 0 Å². The molecule has 0 aromatic heterocycles. The Hall–Kier alpha value is -0.420. The number of rotatable bonds is 1. The van der Waals surface area contributed by atoms with Gasteiger partial charge in [-0.25, -0.2) is 8.78 Å². The monoisotopic (exact) mass is 182 g/mol. The summed E-state index contributed by atoms with van der Waals surface area (Å²) in [5, 5.41) is 0. The van der Waals surface area contributed by atoms with Crippen LogP contribution in [0.25, 0.3) is 0 Å². The van der Waals surface area contributed by atoms with Crippen LogP contribution in [0.5, 0.6) is 0 Å². The summed E-state index contributed by atoms with van der Waals surface area (Å²) in [6.07, 6.45) is -4.81. The standard InChI is InChI=1S/C5H7F5.FH/c1-3(4(2,6)7)5(8,9)10;/h3H,1-2H3;1H. The Morgan fingerprint density at radius 2 is 1.27 bits per heavy atom. The molecule has 0 aromatic rings. The maximum Gasteiger partial charge on any atom is 0.397 e. The molecule has 1 atom stereocenters. The van der Waals surface area contributed by atoms with Crippen LogP contribution >= 0.6 is 0 Å². The molecular formula is C5H8F6. The van der Waals surface area contributed by atoms with Crippen LogP contribution in [0.4, 0.5) is 26.7 Å². The Morgan fingerprint density at radius 3 is 1.27 bits per heavy atom. The number of hydrogen-bond acceptors (Lipinski definition) is 0. The van der Waals surface area contributed by atoms with Crippen LogP contribution in [0.15, 0.2) is 0 Å². The van der Waals surface area contributed by atoms with Crippen LogP contribution in [0, 0.1) is 5.92 Å². The highest BCUT2D eigenvalue weighted by molar-refractivity contribution is 4.74. The zero-order valence-corrected chi connectivity index (χ0v) is 5.88. The first-order chi connectivity index (χ1) is 4.15. The van der Waals surface area contributed by atoms with E-state index in [1.807, 2.05) is 0 Å². The van der Waals surface area contributed by atoms with Crippen molar-refractivity contribution in [2.24, 2.45) is 5.92 Å². The quantitative estimate of drug-likeness (QED) is 0.547. The largest absolute Gasteiger partial charge is 0.397 e. The summed E-state index contributed by atoms with van der Waals surface area (Å²) in [6, 6.07) is 0. The SMILES string of the molecule is CC(C(C)(F)F)C(F)(F)F.F. The molecule has 0 heterocycles. The second kappa shape index (κ2) is 3.32.